The van der Waals surface area contributed by atoms with Gasteiger partial charge in [-0.2, -0.15) is 0 Å². The van der Waals surface area contributed by atoms with Crippen LogP contribution in [0.3, 0.4) is 0 Å². The summed E-state index contributed by atoms with van der Waals surface area (Å²) in [6, 6.07) is -0.446. The fourth-order valence-corrected chi connectivity index (χ4v) is 3.21. The first-order chi connectivity index (χ1) is 7.61. The number of piperidine rings is 1. The number of nitrogens with two attached hydrogens (primary N) is 1. The second kappa shape index (κ2) is 4.91. The molecule has 7 heteroatoms. The minimum absolute atomic E-state index is 0.0976. The Morgan fingerprint density at radius 3 is 2.65 bits per heavy atom. The van der Waals surface area contributed by atoms with Crippen molar-refractivity contribution in [2.45, 2.75) is 38.3 Å². The summed E-state index contributed by atoms with van der Waals surface area (Å²) in [7, 11) is -3.28. The quantitative estimate of drug-likeness (QED) is 0.699. The number of hydrogen-bond acceptors (Lipinski definition) is 4. The molecule has 1 unspecified atom stereocenters. The van der Waals surface area contributed by atoms with E-state index in [1.54, 1.807) is 18.7 Å². The molecule has 1 rings (SSSR count). The summed E-state index contributed by atoms with van der Waals surface area (Å²) < 4.78 is 24.9. The van der Waals surface area contributed by atoms with Crippen molar-refractivity contribution in [2.24, 2.45) is 5.73 Å². The van der Waals surface area contributed by atoms with Crippen molar-refractivity contribution in [3.63, 3.8) is 0 Å². The maximum absolute atomic E-state index is 11.8. The summed E-state index contributed by atoms with van der Waals surface area (Å²) in [5.74, 6) is -0.0976. The molecule has 3 N–H and O–H groups in total. The topological polar surface area (TPSA) is 92.5 Å². The maximum Gasteiger partial charge on any atom is 0.239 e. The Morgan fingerprint density at radius 2 is 2.12 bits per heavy atom. The number of carbonyl (C=O) groups is 1. The Labute approximate surface area is 103 Å². The summed E-state index contributed by atoms with van der Waals surface area (Å²) in [5.41, 5.74) is 5.00. The van der Waals surface area contributed by atoms with Gasteiger partial charge < -0.3 is 10.6 Å². The van der Waals surface area contributed by atoms with Gasteiger partial charge in [-0.05, 0) is 26.7 Å². The predicted molar refractivity (Wildman–Crippen MR) is 65.8 cm³/mol. The maximum atomic E-state index is 11.8. The Bertz CT molecular complexity index is 392. The molecule has 1 heterocycles. The van der Waals surface area contributed by atoms with Crippen LogP contribution in [0.15, 0.2) is 0 Å². The minimum atomic E-state index is -3.28. The zero-order valence-electron chi connectivity index (χ0n) is 10.6. The molecule has 1 saturated heterocycles. The highest BCUT2D eigenvalue weighted by Crippen LogP contribution is 2.14. The molecule has 1 fully saturated rings. The molecule has 0 aromatic carbocycles. The summed E-state index contributed by atoms with van der Waals surface area (Å²) in [4.78, 5) is 13.4. The van der Waals surface area contributed by atoms with Crippen LogP contribution in [-0.4, -0.2) is 50.2 Å². The fourth-order valence-electron chi connectivity index (χ4n) is 2.14. The Balaban J connectivity index is 2.66. The smallest absolute Gasteiger partial charge is 0.239 e. The number of amides is 1. The first kappa shape index (κ1) is 14.4. The average molecular weight is 263 g/mol. The highest BCUT2D eigenvalue weighted by atomic mass is 32.2. The Kier molecular flexibility index (Phi) is 4.16. The molecule has 0 radical (unpaired) electrons. The van der Waals surface area contributed by atoms with Gasteiger partial charge in [-0.15, -0.1) is 0 Å². The van der Waals surface area contributed by atoms with Crippen LogP contribution in [0.5, 0.6) is 0 Å². The van der Waals surface area contributed by atoms with Crippen LogP contribution in [0.4, 0.5) is 0 Å². The van der Waals surface area contributed by atoms with E-state index >= 15 is 0 Å². The van der Waals surface area contributed by atoms with Crippen LogP contribution in [-0.2, 0) is 14.8 Å². The van der Waals surface area contributed by atoms with E-state index in [1.807, 2.05) is 0 Å². The van der Waals surface area contributed by atoms with E-state index in [9.17, 15) is 13.2 Å². The van der Waals surface area contributed by atoms with Crippen molar-refractivity contribution in [1.82, 2.24) is 9.62 Å². The van der Waals surface area contributed by atoms with Crippen LogP contribution in [0.2, 0.25) is 0 Å². The standard InChI is InChI=1S/C10H21N3O3S/c1-10(2,12-17(3,15)16)7-13-6-4-5-8(11)9(13)14/h8,12H,4-7,11H2,1-3H3. The van der Waals surface area contributed by atoms with Gasteiger partial charge in [0, 0.05) is 18.6 Å². The van der Waals surface area contributed by atoms with Gasteiger partial charge in [-0.1, -0.05) is 0 Å². The molecule has 6 nitrogen and oxygen atoms in total. The van der Waals surface area contributed by atoms with Crippen molar-refractivity contribution >= 4 is 15.9 Å². The van der Waals surface area contributed by atoms with Crippen LogP contribution in [0.1, 0.15) is 26.7 Å². The predicted octanol–water partition coefficient (Wildman–Crippen LogP) is -0.736. The van der Waals surface area contributed by atoms with Crippen LogP contribution in [0, 0.1) is 0 Å². The van der Waals surface area contributed by atoms with E-state index in [2.05, 4.69) is 4.72 Å². The third-order valence-electron chi connectivity index (χ3n) is 2.62. The van der Waals surface area contributed by atoms with Crippen LogP contribution < -0.4 is 10.5 Å². The van der Waals surface area contributed by atoms with E-state index in [4.69, 9.17) is 5.73 Å². The highest BCUT2D eigenvalue weighted by molar-refractivity contribution is 7.88. The zero-order valence-corrected chi connectivity index (χ0v) is 11.4. The molecule has 0 aromatic heterocycles. The fraction of sp³-hybridized carbons (Fsp3) is 0.900. The lowest BCUT2D eigenvalue weighted by molar-refractivity contribution is -0.135. The van der Waals surface area contributed by atoms with Crippen LogP contribution >= 0.6 is 0 Å². The number of sulfonamides is 1. The number of hydrogen-bond donors (Lipinski definition) is 2. The summed E-state index contributed by atoms with van der Waals surface area (Å²) >= 11 is 0. The molecular formula is C10H21N3O3S. The van der Waals surface area contributed by atoms with Gasteiger partial charge >= 0.3 is 0 Å². The molecule has 0 bridgehead atoms. The number of likely N-dealkylation sites (tertiary alicyclic amines) is 1. The molecule has 1 aliphatic heterocycles. The summed E-state index contributed by atoms with van der Waals surface area (Å²) in [6.07, 6.45) is 2.68. The van der Waals surface area contributed by atoms with E-state index in [1.165, 1.54) is 0 Å². The first-order valence-electron chi connectivity index (χ1n) is 5.64. The van der Waals surface area contributed by atoms with E-state index in [0.29, 0.717) is 19.5 Å². The SMILES string of the molecule is CC(C)(CN1CCCC(N)C1=O)NS(C)(=O)=O. The van der Waals surface area contributed by atoms with Gasteiger partial charge in [0.1, 0.15) is 0 Å². The van der Waals surface area contributed by atoms with E-state index in [-0.39, 0.29) is 5.91 Å². The first-order valence-corrected chi connectivity index (χ1v) is 7.53. The van der Waals surface area contributed by atoms with Crippen molar-refractivity contribution < 1.29 is 13.2 Å². The van der Waals surface area contributed by atoms with Gasteiger partial charge in [0.05, 0.1) is 12.3 Å². The molecule has 0 aromatic rings. The Hall–Kier alpha value is -0.660. The van der Waals surface area contributed by atoms with Gasteiger partial charge in [0.15, 0.2) is 0 Å². The molecular weight excluding hydrogens is 242 g/mol. The lowest BCUT2D eigenvalue weighted by Gasteiger charge is -2.36. The summed E-state index contributed by atoms with van der Waals surface area (Å²) in [5, 5.41) is 0. The highest BCUT2D eigenvalue weighted by Gasteiger charge is 2.31. The van der Waals surface area contributed by atoms with Gasteiger partial charge in [-0.25, -0.2) is 13.1 Å². The third kappa shape index (κ3) is 4.61. The monoisotopic (exact) mass is 263 g/mol. The van der Waals surface area contributed by atoms with Crippen molar-refractivity contribution in [1.29, 1.82) is 0 Å². The third-order valence-corrected chi connectivity index (χ3v) is 3.54. The van der Waals surface area contributed by atoms with Gasteiger partial charge in [0.25, 0.3) is 0 Å². The molecule has 0 spiro atoms. The minimum Gasteiger partial charge on any atom is -0.339 e. The molecule has 1 amide bonds. The lowest BCUT2D eigenvalue weighted by atomic mass is 10.0. The van der Waals surface area contributed by atoms with E-state index < -0.39 is 21.6 Å². The number of nitrogens with one attached hydrogen (secondary N) is 1. The van der Waals surface area contributed by atoms with Crippen molar-refractivity contribution in [3.05, 3.63) is 0 Å². The normalized spacial score (nSPS) is 22.9. The largest absolute Gasteiger partial charge is 0.339 e. The molecule has 1 atom stereocenters. The molecule has 1 aliphatic rings. The molecule has 0 aliphatic carbocycles. The lowest BCUT2D eigenvalue weighted by Crippen LogP contribution is -2.57. The van der Waals surface area contributed by atoms with Crippen molar-refractivity contribution in [2.75, 3.05) is 19.3 Å². The number of nitrogens with zero attached hydrogens (tertiary/aromatic N) is 1. The van der Waals surface area contributed by atoms with Crippen molar-refractivity contribution in [3.8, 4) is 0 Å². The zero-order chi connectivity index (χ0) is 13.3. The average Bonchev–Trinajstić information content (AvgIpc) is 2.08. The van der Waals surface area contributed by atoms with Gasteiger partial charge in [-0.3, -0.25) is 4.79 Å². The second-order valence-corrected chi connectivity index (χ2v) is 7.02. The van der Waals surface area contributed by atoms with Gasteiger partial charge in [0.2, 0.25) is 15.9 Å². The number of rotatable bonds is 4. The second-order valence-electron chi connectivity index (χ2n) is 5.27. The van der Waals surface area contributed by atoms with Crippen LogP contribution in [0.25, 0.3) is 0 Å². The molecule has 100 valence electrons. The molecule has 17 heavy (non-hydrogen) atoms. The molecule has 0 saturated carbocycles. The van der Waals surface area contributed by atoms with E-state index in [0.717, 1.165) is 12.7 Å². The number of carbonyl (C=O) groups excluding carboxylic acids is 1. The Morgan fingerprint density at radius 1 is 1.53 bits per heavy atom. The summed E-state index contributed by atoms with van der Waals surface area (Å²) in [6.45, 7) is 4.48.